The summed E-state index contributed by atoms with van der Waals surface area (Å²) in [6.45, 7) is 10.6. The van der Waals surface area contributed by atoms with E-state index in [1.165, 1.54) is 5.69 Å². The highest BCUT2D eigenvalue weighted by Crippen LogP contribution is 2.26. The first-order chi connectivity index (χ1) is 9.85. The SMILES string of the molecule is CC(c1ccc[nH]1)N1CCC(CNC(=O)OC(C)(C)C)C1. The molecular weight excluding hydrogens is 266 g/mol. The van der Waals surface area contributed by atoms with Crippen molar-refractivity contribution in [2.45, 2.75) is 45.8 Å². The topological polar surface area (TPSA) is 57.4 Å². The Morgan fingerprint density at radius 2 is 2.33 bits per heavy atom. The van der Waals surface area contributed by atoms with Crippen molar-refractivity contribution in [2.75, 3.05) is 19.6 Å². The number of aromatic amines is 1. The summed E-state index contributed by atoms with van der Waals surface area (Å²) in [5.41, 5.74) is 0.809. The average molecular weight is 293 g/mol. The number of aromatic nitrogens is 1. The molecule has 1 amide bonds. The molecule has 0 bridgehead atoms. The second kappa shape index (κ2) is 6.52. The van der Waals surface area contributed by atoms with Gasteiger partial charge in [0, 0.05) is 31.0 Å². The molecule has 1 fully saturated rings. The molecule has 118 valence electrons. The maximum atomic E-state index is 11.7. The molecule has 2 N–H and O–H groups in total. The first-order valence-corrected chi connectivity index (χ1v) is 7.69. The standard InChI is InChI=1S/C16H27N3O2/c1-12(14-6-5-8-17-14)19-9-7-13(11-19)10-18-15(20)21-16(2,3)4/h5-6,8,12-13,17H,7,9-11H2,1-4H3,(H,18,20). The lowest BCUT2D eigenvalue weighted by Gasteiger charge is -2.24. The van der Waals surface area contributed by atoms with Crippen LogP contribution >= 0.6 is 0 Å². The van der Waals surface area contributed by atoms with Crippen molar-refractivity contribution in [3.05, 3.63) is 24.0 Å². The number of H-pyrrole nitrogens is 1. The number of amides is 1. The van der Waals surface area contributed by atoms with Gasteiger partial charge in [-0.15, -0.1) is 0 Å². The summed E-state index contributed by atoms with van der Waals surface area (Å²) in [5, 5.41) is 2.88. The average Bonchev–Trinajstić information content (AvgIpc) is 3.05. The van der Waals surface area contributed by atoms with Gasteiger partial charge in [-0.25, -0.2) is 4.79 Å². The molecule has 1 saturated heterocycles. The van der Waals surface area contributed by atoms with Gasteiger partial charge < -0.3 is 15.0 Å². The number of carbonyl (C=O) groups is 1. The van der Waals surface area contributed by atoms with E-state index < -0.39 is 5.60 Å². The van der Waals surface area contributed by atoms with Crippen LogP contribution in [0.1, 0.15) is 45.9 Å². The van der Waals surface area contributed by atoms with Gasteiger partial charge in [0.2, 0.25) is 0 Å². The van der Waals surface area contributed by atoms with Crippen LogP contribution in [-0.2, 0) is 4.74 Å². The molecule has 0 radical (unpaired) electrons. The van der Waals surface area contributed by atoms with Gasteiger partial charge in [0.05, 0.1) is 0 Å². The number of hydrogen-bond donors (Lipinski definition) is 2. The van der Waals surface area contributed by atoms with Crippen LogP contribution in [-0.4, -0.2) is 41.2 Å². The maximum Gasteiger partial charge on any atom is 0.407 e. The Bertz CT molecular complexity index is 451. The number of nitrogens with zero attached hydrogens (tertiary/aromatic N) is 1. The van der Waals surface area contributed by atoms with Gasteiger partial charge >= 0.3 is 6.09 Å². The summed E-state index contributed by atoms with van der Waals surface area (Å²) in [7, 11) is 0. The smallest absolute Gasteiger partial charge is 0.407 e. The summed E-state index contributed by atoms with van der Waals surface area (Å²) in [6, 6.07) is 4.55. The predicted molar refractivity (Wildman–Crippen MR) is 83.1 cm³/mol. The highest BCUT2D eigenvalue weighted by Gasteiger charge is 2.27. The minimum absolute atomic E-state index is 0.321. The van der Waals surface area contributed by atoms with Crippen molar-refractivity contribution in [1.82, 2.24) is 15.2 Å². The van der Waals surface area contributed by atoms with Crippen LogP contribution in [0.5, 0.6) is 0 Å². The maximum absolute atomic E-state index is 11.7. The molecule has 1 aliphatic rings. The van der Waals surface area contributed by atoms with E-state index in [2.05, 4.69) is 28.2 Å². The van der Waals surface area contributed by atoms with Crippen LogP contribution < -0.4 is 5.32 Å². The van der Waals surface area contributed by atoms with Gasteiger partial charge in [-0.05, 0) is 58.7 Å². The third-order valence-electron chi connectivity index (χ3n) is 3.87. The van der Waals surface area contributed by atoms with Crippen LogP contribution in [0, 0.1) is 5.92 Å². The van der Waals surface area contributed by atoms with Crippen LogP contribution in [0.2, 0.25) is 0 Å². The predicted octanol–water partition coefficient (Wildman–Crippen LogP) is 2.92. The molecule has 0 spiro atoms. The van der Waals surface area contributed by atoms with Crippen LogP contribution in [0.4, 0.5) is 4.79 Å². The van der Waals surface area contributed by atoms with Gasteiger partial charge in [0.15, 0.2) is 0 Å². The Kier molecular flexibility index (Phi) is 4.93. The fourth-order valence-corrected chi connectivity index (χ4v) is 2.72. The zero-order chi connectivity index (χ0) is 15.5. The minimum Gasteiger partial charge on any atom is -0.444 e. The molecule has 2 heterocycles. The van der Waals surface area contributed by atoms with Crippen LogP contribution in [0.3, 0.4) is 0 Å². The van der Waals surface area contributed by atoms with Gasteiger partial charge in [-0.2, -0.15) is 0 Å². The number of likely N-dealkylation sites (tertiary alicyclic amines) is 1. The van der Waals surface area contributed by atoms with Gasteiger partial charge in [0.25, 0.3) is 0 Å². The van der Waals surface area contributed by atoms with Crippen molar-refractivity contribution in [3.8, 4) is 0 Å². The number of rotatable bonds is 4. The first kappa shape index (κ1) is 15.9. The molecule has 5 heteroatoms. The van der Waals surface area contributed by atoms with Crippen LogP contribution in [0.15, 0.2) is 18.3 Å². The zero-order valence-electron chi connectivity index (χ0n) is 13.5. The highest BCUT2D eigenvalue weighted by molar-refractivity contribution is 5.67. The van der Waals surface area contributed by atoms with Gasteiger partial charge in [-0.3, -0.25) is 4.90 Å². The molecule has 5 nitrogen and oxygen atoms in total. The van der Waals surface area contributed by atoms with Crippen molar-refractivity contribution in [3.63, 3.8) is 0 Å². The summed E-state index contributed by atoms with van der Waals surface area (Å²) in [5.74, 6) is 0.495. The molecule has 2 atom stereocenters. The molecule has 0 saturated carbocycles. The quantitative estimate of drug-likeness (QED) is 0.897. The Morgan fingerprint density at radius 3 is 2.95 bits per heavy atom. The molecule has 1 aliphatic heterocycles. The Balaban J connectivity index is 1.74. The number of hydrogen-bond acceptors (Lipinski definition) is 3. The van der Waals surface area contributed by atoms with E-state index in [0.29, 0.717) is 18.5 Å². The number of nitrogens with one attached hydrogen (secondary N) is 2. The van der Waals surface area contributed by atoms with E-state index in [1.807, 2.05) is 33.0 Å². The summed E-state index contributed by atoms with van der Waals surface area (Å²) in [4.78, 5) is 17.4. The third kappa shape index (κ3) is 4.77. The van der Waals surface area contributed by atoms with Gasteiger partial charge in [-0.1, -0.05) is 0 Å². The Morgan fingerprint density at radius 1 is 1.57 bits per heavy atom. The molecule has 2 rings (SSSR count). The van der Waals surface area contributed by atoms with Crippen molar-refractivity contribution < 1.29 is 9.53 Å². The van der Waals surface area contributed by atoms with Crippen LogP contribution in [0.25, 0.3) is 0 Å². The van der Waals surface area contributed by atoms with Crippen molar-refractivity contribution in [1.29, 1.82) is 0 Å². The molecule has 21 heavy (non-hydrogen) atoms. The lowest BCUT2D eigenvalue weighted by Crippen LogP contribution is -2.36. The molecular formula is C16H27N3O2. The van der Waals surface area contributed by atoms with E-state index >= 15 is 0 Å². The zero-order valence-corrected chi connectivity index (χ0v) is 13.5. The van der Waals surface area contributed by atoms with E-state index in [0.717, 1.165) is 19.5 Å². The number of alkyl carbamates (subject to hydrolysis) is 1. The Labute approximate surface area is 127 Å². The molecule has 1 aromatic heterocycles. The molecule has 0 aromatic carbocycles. The molecule has 0 aliphatic carbocycles. The normalized spacial score (nSPS) is 21.2. The summed E-state index contributed by atoms with van der Waals surface area (Å²) < 4.78 is 5.26. The second-order valence-corrected chi connectivity index (χ2v) is 6.83. The lowest BCUT2D eigenvalue weighted by molar-refractivity contribution is 0.0519. The van der Waals surface area contributed by atoms with Gasteiger partial charge in [0.1, 0.15) is 5.60 Å². The lowest BCUT2D eigenvalue weighted by atomic mass is 10.1. The number of ether oxygens (including phenoxy) is 1. The fraction of sp³-hybridized carbons (Fsp3) is 0.688. The second-order valence-electron chi connectivity index (χ2n) is 6.83. The number of carbonyl (C=O) groups excluding carboxylic acids is 1. The largest absolute Gasteiger partial charge is 0.444 e. The first-order valence-electron chi connectivity index (χ1n) is 7.69. The van der Waals surface area contributed by atoms with E-state index in [-0.39, 0.29) is 6.09 Å². The van der Waals surface area contributed by atoms with E-state index in [9.17, 15) is 4.79 Å². The fourth-order valence-electron chi connectivity index (χ4n) is 2.72. The molecule has 2 unspecified atom stereocenters. The molecule has 1 aromatic rings. The third-order valence-corrected chi connectivity index (χ3v) is 3.87. The van der Waals surface area contributed by atoms with E-state index in [1.54, 1.807) is 0 Å². The van der Waals surface area contributed by atoms with Crippen molar-refractivity contribution >= 4 is 6.09 Å². The van der Waals surface area contributed by atoms with E-state index in [4.69, 9.17) is 4.74 Å². The highest BCUT2D eigenvalue weighted by atomic mass is 16.6. The summed E-state index contributed by atoms with van der Waals surface area (Å²) >= 11 is 0. The van der Waals surface area contributed by atoms with Crippen molar-refractivity contribution in [2.24, 2.45) is 5.92 Å². The Hall–Kier alpha value is -1.49. The monoisotopic (exact) mass is 293 g/mol. The minimum atomic E-state index is -0.437. The summed E-state index contributed by atoms with van der Waals surface area (Å²) in [6.07, 6.45) is 2.75.